The van der Waals surface area contributed by atoms with E-state index in [0.29, 0.717) is 16.5 Å². The van der Waals surface area contributed by atoms with E-state index in [1.807, 2.05) is 32.0 Å². The third-order valence-corrected chi connectivity index (χ3v) is 3.71. The minimum atomic E-state index is -0.176. The van der Waals surface area contributed by atoms with Gasteiger partial charge in [0.2, 0.25) is 0 Å². The summed E-state index contributed by atoms with van der Waals surface area (Å²) in [6, 6.07) is 7.30. The van der Waals surface area contributed by atoms with E-state index in [-0.39, 0.29) is 12.1 Å². The molecule has 1 atom stereocenters. The van der Waals surface area contributed by atoms with Crippen molar-refractivity contribution in [2.24, 2.45) is 5.73 Å². The van der Waals surface area contributed by atoms with E-state index in [2.05, 4.69) is 4.98 Å². The summed E-state index contributed by atoms with van der Waals surface area (Å²) >= 11 is 11.9. The normalized spacial score (nSPS) is 12.5. The Balaban J connectivity index is 2.12. The molecule has 112 valence electrons. The average molecular weight is 325 g/mol. The topological polar surface area (TPSA) is 48.1 Å². The molecule has 0 spiro atoms. The van der Waals surface area contributed by atoms with Crippen molar-refractivity contribution in [3.63, 3.8) is 0 Å². The number of benzene rings is 1. The van der Waals surface area contributed by atoms with Gasteiger partial charge in [-0.05, 0) is 49.6 Å². The van der Waals surface area contributed by atoms with Gasteiger partial charge in [0, 0.05) is 12.2 Å². The number of aromatic nitrogens is 1. The average Bonchev–Trinajstić information content (AvgIpc) is 2.42. The lowest BCUT2D eigenvalue weighted by Gasteiger charge is -2.15. The number of nitrogens with zero attached hydrogens (tertiary/aromatic N) is 1. The summed E-state index contributed by atoms with van der Waals surface area (Å²) in [6.07, 6.45) is 4.21. The molecule has 2 rings (SSSR count). The van der Waals surface area contributed by atoms with Crippen LogP contribution in [0.25, 0.3) is 0 Å². The molecule has 0 fully saturated rings. The quantitative estimate of drug-likeness (QED) is 0.885. The van der Waals surface area contributed by atoms with Crippen LogP contribution in [0, 0.1) is 0 Å². The van der Waals surface area contributed by atoms with Crippen LogP contribution >= 0.6 is 23.2 Å². The molecule has 0 aliphatic rings. The second kappa shape index (κ2) is 7.12. The molecule has 0 saturated heterocycles. The molecule has 5 heteroatoms. The van der Waals surface area contributed by atoms with E-state index in [4.69, 9.17) is 33.7 Å². The zero-order valence-corrected chi connectivity index (χ0v) is 13.5. The fraction of sp³-hybridized carbons (Fsp3) is 0.312. The van der Waals surface area contributed by atoms with Crippen LogP contribution in [0.5, 0.6) is 5.75 Å². The molecule has 1 heterocycles. The number of hydrogen-bond donors (Lipinski definition) is 1. The summed E-state index contributed by atoms with van der Waals surface area (Å²) in [5.41, 5.74) is 8.21. The monoisotopic (exact) mass is 324 g/mol. The van der Waals surface area contributed by atoms with Gasteiger partial charge in [0.25, 0.3) is 0 Å². The Kier molecular flexibility index (Phi) is 5.45. The number of halogens is 2. The van der Waals surface area contributed by atoms with E-state index < -0.39 is 0 Å². The molecule has 1 aromatic carbocycles. The van der Waals surface area contributed by atoms with Crippen molar-refractivity contribution in [3.8, 4) is 5.75 Å². The fourth-order valence-electron chi connectivity index (χ4n) is 2.01. The molecule has 2 N–H and O–H groups in total. The number of nitrogens with two attached hydrogens (primary N) is 1. The second-order valence-electron chi connectivity index (χ2n) is 5.18. The summed E-state index contributed by atoms with van der Waals surface area (Å²) in [7, 11) is 0. The van der Waals surface area contributed by atoms with Gasteiger partial charge in [0.15, 0.2) is 0 Å². The first-order chi connectivity index (χ1) is 9.95. The van der Waals surface area contributed by atoms with Gasteiger partial charge in [-0.3, -0.25) is 4.98 Å². The van der Waals surface area contributed by atoms with Crippen molar-refractivity contribution < 1.29 is 4.74 Å². The molecule has 1 unspecified atom stereocenters. The highest BCUT2D eigenvalue weighted by Crippen LogP contribution is 2.25. The van der Waals surface area contributed by atoms with Gasteiger partial charge >= 0.3 is 0 Å². The predicted octanol–water partition coefficient (Wildman–Crippen LogP) is 4.42. The molecule has 21 heavy (non-hydrogen) atoms. The van der Waals surface area contributed by atoms with Crippen LogP contribution in [-0.2, 0) is 6.42 Å². The van der Waals surface area contributed by atoms with Crippen LogP contribution in [-0.4, -0.2) is 11.1 Å². The molecule has 0 aliphatic carbocycles. The van der Waals surface area contributed by atoms with Gasteiger partial charge in [-0.25, -0.2) is 0 Å². The zero-order valence-electron chi connectivity index (χ0n) is 12.0. The summed E-state index contributed by atoms with van der Waals surface area (Å²) in [4.78, 5) is 4.18. The van der Waals surface area contributed by atoms with Crippen LogP contribution in [0.15, 0.2) is 36.7 Å². The van der Waals surface area contributed by atoms with Gasteiger partial charge in [-0.15, -0.1) is 0 Å². The number of rotatable bonds is 5. The van der Waals surface area contributed by atoms with Crippen molar-refractivity contribution in [1.82, 2.24) is 4.98 Å². The van der Waals surface area contributed by atoms with Gasteiger partial charge in [0.1, 0.15) is 5.75 Å². The van der Waals surface area contributed by atoms with E-state index >= 15 is 0 Å². The Labute approximate surface area is 135 Å². The van der Waals surface area contributed by atoms with Crippen LogP contribution in [0.2, 0.25) is 10.0 Å². The minimum Gasteiger partial charge on any atom is -0.489 e. The SMILES string of the molecule is CC(C)Oc1cncc(C(N)Cc2ccc(Cl)c(Cl)c2)c1. The first kappa shape index (κ1) is 16.1. The van der Waals surface area contributed by atoms with E-state index in [9.17, 15) is 0 Å². The van der Waals surface area contributed by atoms with Crippen LogP contribution in [0.4, 0.5) is 0 Å². The summed E-state index contributed by atoms with van der Waals surface area (Å²) in [5.74, 6) is 0.729. The lowest BCUT2D eigenvalue weighted by Crippen LogP contribution is -2.14. The highest BCUT2D eigenvalue weighted by atomic mass is 35.5. The maximum atomic E-state index is 6.24. The molecule has 0 aliphatic heterocycles. The Hall–Kier alpha value is -1.29. The number of ether oxygens (including phenoxy) is 1. The summed E-state index contributed by atoms with van der Waals surface area (Å²) < 4.78 is 5.63. The molecule has 0 amide bonds. The standard InChI is InChI=1S/C16H18Cl2N2O/c1-10(2)21-13-7-12(8-20-9-13)16(19)6-11-3-4-14(17)15(18)5-11/h3-5,7-10,16H,6,19H2,1-2H3. The van der Waals surface area contributed by atoms with Crippen molar-refractivity contribution in [1.29, 1.82) is 0 Å². The Morgan fingerprint density at radius 2 is 1.90 bits per heavy atom. The molecule has 0 saturated carbocycles. The summed E-state index contributed by atoms with van der Waals surface area (Å²) in [5, 5.41) is 1.08. The molecule has 2 aromatic rings. The second-order valence-corrected chi connectivity index (χ2v) is 5.99. The van der Waals surface area contributed by atoms with Gasteiger partial charge in [-0.1, -0.05) is 29.3 Å². The highest BCUT2D eigenvalue weighted by Gasteiger charge is 2.10. The third kappa shape index (κ3) is 4.60. The number of hydrogen-bond acceptors (Lipinski definition) is 3. The largest absolute Gasteiger partial charge is 0.489 e. The Morgan fingerprint density at radius 3 is 2.57 bits per heavy atom. The van der Waals surface area contributed by atoms with E-state index in [1.54, 1.807) is 18.5 Å². The summed E-state index contributed by atoms with van der Waals surface area (Å²) in [6.45, 7) is 3.95. The van der Waals surface area contributed by atoms with E-state index in [0.717, 1.165) is 16.9 Å². The number of pyridine rings is 1. The van der Waals surface area contributed by atoms with Crippen molar-refractivity contribution in [3.05, 3.63) is 57.8 Å². The maximum absolute atomic E-state index is 6.24. The lowest BCUT2D eigenvalue weighted by atomic mass is 10.0. The van der Waals surface area contributed by atoms with Gasteiger partial charge in [-0.2, -0.15) is 0 Å². The van der Waals surface area contributed by atoms with Crippen molar-refractivity contribution >= 4 is 23.2 Å². The van der Waals surface area contributed by atoms with Crippen molar-refractivity contribution in [2.45, 2.75) is 32.4 Å². The molecular weight excluding hydrogens is 307 g/mol. The first-order valence-electron chi connectivity index (χ1n) is 6.77. The molecule has 1 aromatic heterocycles. The Morgan fingerprint density at radius 1 is 1.14 bits per heavy atom. The molecule has 0 radical (unpaired) electrons. The van der Waals surface area contributed by atoms with E-state index in [1.165, 1.54) is 0 Å². The highest BCUT2D eigenvalue weighted by molar-refractivity contribution is 6.42. The van der Waals surface area contributed by atoms with Crippen LogP contribution in [0.3, 0.4) is 0 Å². The zero-order chi connectivity index (χ0) is 15.4. The van der Waals surface area contributed by atoms with Gasteiger partial charge < -0.3 is 10.5 Å². The third-order valence-electron chi connectivity index (χ3n) is 2.97. The maximum Gasteiger partial charge on any atom is 0.138 e. The Bertz CT molecular complexity index is 617. The minimum absolute atomic E-state index is 0.105. The van der Waals surface area contributed by atoms with Crippen molar-refractivity contribution in [2.75, 3.05) is 0 Å². The van der Waals surface area contributed by atoms with Gasteiger partial charge in [0.05, 0.1) is 22.3 Å². The van der Waals surface area contributed by atoms with Crippen LogP contribution < -0.4 is 10.5 Å². The molecule has 0 bridgehead atoms. The molecular formula is C16H18Cl2N2O. The molecule has 3 nitrogen and oxygen atoms in total. The first-order valence-corrected chi connectivity index (χ1v) is 7.52. The predicted molar refractivity (Wildman–Crippen MR) is 87.1 cm³/mol. The lowest BCUT2D eigenvalue weighted by molar-refractivity contribution is 0.241. The smallest absolute Gasteiger partial charge is 0.138 e. The van der Waals surface area contributed by atoms with Crippen LogP contribution in [0.1, 0.15) is 31.0 Å². The fourth-order valence-corrected chi connectivity index (χ4v) is 2.33.